The number of esters is 1. The van der Waals surface area contributed by atoms with Crippen LogP contribution in [0.15, 0.2) is 24.3 Å². The number of rotatable bonds is 6. The molecule has 3 N–H and O–H groups in total. The van der Waals surface area contributed by atoms with Gasteiger partial charge in [-0.05, 0) is 18.6 Å². The van der Waals surface area contributed by atoms with Crippen molar-refractivity contribution in [1.82, 2.24) is 5.32 Å². The topological polar surface area (TPSA) is 105 Å². The number of methoxy groups -OCH3 is 1. The van der Waals surface area contributed by atoms with Gasteiger partial charge in [0.25, 0.3) is 0 Å². The monoisotopic (exact) mass is 314 g/mol. The number of aliphatic carboxylic acids is 1. The molecule has 1 aromatic rings. The highest BCUT2D eigenvalue weighted by molar-refractivity contribution is 6.33. The molecule has 1 atom stereocenters. The zero-order valence-corrected chi connectivity index (χ0v) is 12.0. The quantitative estimate of drug-likeness (QED) is 0.695. The summed E-state index contributed by atoms with van der Waals surface area (Å²) in [4.78, 5) is 33.8. The van der Waals surface area contributed by atoms with Gasteiger partial charge in [-0.2, -0.15) is 0 Å². The molecular weight excluding hydrogens is 300 g/mol. The summed E-state index contributed by atoms with van der Waals surface area (Å²) in [5, 5.41) is 14.0. The molecule has 0 saturated heterocycles. The Morgan fingerprint density at radius 1 is 1.33 bits per heavy atom. The molecule has 0 spiro atoms. The summed E-state index contributed by atoms with van der Waals surface area (Å²) in [5.41, 5.74) is 0.355. The van der Waals surface area contributed by atoms with Gasteiger partial charge >= 0.3 is 18.0 Å². The molecule has 8 heteroatoms. The third kappa shape index (κ3) is 5.70. The Morgan fingerprint density at radius 2 is 2.00 bits per heavy atom. The minimum Gasteiger partial charge on any atom is -0.480 e. The van der Waals surface area contributed by atoms with Crippen molar-refractivity contribution in [2.24, 2.45) is 0 Å². The second-order valence-electron chi connectivity index (χ2n) is 4.08. The number of amides is 2. The Kier molecular flexibility index (Phi) is 6.48. The largest absolute Gasteiger partial charge is 0.480 e. The van der Waals surface area contributed by atoms with Crippen molar-refractivity contribution in [3.8, 4) is 0 Å². The number of carboxylic acid groups (broad SMARTS) is 1. The lowest BCUT2D eigenvalue weighted by molar-refractivity contribution is -0.142. The molecule has 0 unspecified atom stereocenters. The predicted molar refractivity (Wildman–Crippen MR) is 76.3 cm³/mol. The van der Waals surface area contributed by atoms with Crippen LogP contribution in [0, 0.1) is 0 Å². The number of halogens is 1. The Balaban J connectivity index is 2.58. The predicted octanol–water partition coefficient (Wildman–Crippen LogP) is 1.87. The standard InChI is InChI=1S/C13H15ClN2O5/c1-21-11(17)7-6-10(12(18)19)16-13(20)15-9-5-3-2-4-8(9)14/h2-5,10H,6-7H2,1H3,(H,18,19)(H2,15,16,20)/t10-/m1/s1. The fourth-order valence-electron chi connectivity index (χ4n) is 1.50. The molecule has 0 aromatic heterocycles. The normalized spacial score (nSPS) is 11.3. The molecule has 114 valence electrons. The number of para-hydroxylation sites is 1. The Labute approximate surface area is 126 Å². The van der Waals surface area contributed by atoms with Crippen molar-refractivity contribution < 1.29 is 24.2 Å². The van der Waals surface area contributed by atoms with Gasteiger partial charge in [-0.1, -0.05) is 23.7 Å². The van der Waals surface area contributed by atoms with Crippen LogP contribution in [0.5, 0.6) is 0 Å². The number of nitrogens with one attached hydrogen (secondary N) is 2. The van der Waals surface area contributed by atoms with Crippen LogP contribution in [0.25, 0.3) is 0 Å². The number of benzene rings is 1. The minimum absolute atomic E-state index is 0.0715. The van der Waals surface area contributed by atoms with Crippen molar-refractivity contribution in [3.05, 3.63) is 29.3 Å². The highest BCUT2D eigenvalue weighted by atomic mass is 35.5. The number of hydrogen-bond donors (Lipinski definition) is 3. The lowest BCUT2D eigenvalue weighted by Crippen LogP contribution is -2.43. The second kappa shape index (κ2) is 8.11. The van der Waals surface area contributed by atoms with Gasteiger partial charge in [0.1, 0.15) is 6.04 Å². The molecule has 1 aromatic carbocycles. The molecule has 7 nitrogen and oxygen atoms in total. The van der Waals surface area contributed by atoms with E-state index in [-0.39, 0.29) is 12.8 Å². The van der Waals surface area contributed by atoms with Gasteiger partial charge in [0.05, 0.1) is 17.8 Å². The first kappa shape index (κ1) is 16.8. The Morgan fingerprint density at radius 3 is 2.57 bits per heavy atom. The van der Waals surface area contributed by atoms with Crippen LogP contribution in [-0.2, 0) is 14.3 Å². The lowest BCUT2D eigenvalue weighted by Gasteiger charge is -2.15. The van der Waals surface area contributed by atoms with E-state index in [9.17, 15) is 14.4 Å². The molecule has 1 rings (SSSR count). The Bertz CT molecular complexity index is 535. The molecule has 0 aliphatic rings. The van der Waals surface area contributed by atoms with Crippen LogP contribution in [0.2, 0.25) is 5.02 Å². The summed E-state index contributed by atoms with van der Waals surface area (Å²) in [6.07, 6.45) is -0.183. The SMILES string of the molecule is COC(=O)CC[C@@H](NC(=O)Nc1ccccc1Cl)C(=O)O. The first-order valence-electron chi connectivity index (χ1n) is 6.05. The third-order valence-electron chi connectivity index (χ3n) is 2.59. The molecule has 21 heavy (non-hydrogen) atoms. The van der Waals surface area contributed by atoms with E-state index in [4.69, 9.17) is 16.7 Å². The molecule has 0 fully saturated rings. The number of carbonyl (C=O) groups is 3. The molecule has 2 amide bonds. The molecule has 0 radical (unpaired) electrons. The summed E-state index contributed by atoms with van der Waals surface area (Å²) >= 11 is 5.87. The van der Waals surface area contributed by atoms with E-state index in [1.54, 1.807) is 24.3 Å². The zero-order chi connectivity index (χ0) is 15.8. The molecular formula is C13H15ClN2O5. The first-order chi connectivity index (χ1) is 9.93. The lowest BCUT2D eigenvalue weighted by atomic mass is 10.1. The van der Waals surface area contributed by atoms with E-state index in [0.717, 1.165) is 0 Å². The zero-order valence-electron chi connectivity index (χ0n) is 11.3. The fraction of sp³-hybridized carbons (Fsp3) is 0.308. The number of ether oxygens (including phenoxy) is 1. The van der Waals surface area contributed by atoms with Crippen molar-refractivity contribution in [2.75, 3.05) is 12.4 Å². The summed E-state index contributed by atoms with van der Waals surface area (Å²) in [6, 6.07) is 4.61. The van der Waals surface area contributed by atoms with Crippen LogP contribution < -0.4 is 10.6 Å². The van der Waals surface area contributed by atoms with Gasteiger partial charge in [0, 0.05) is 6.42 Å². The average molecular weight is 315 g/mol. The van der Waals surface area contributed by atoms with E-state index in [1.807, 2.05) is 0 Å². The molecule has 0 heterocycles. The van der Waals surface area contributed by atoms with E-state index < -0.39 is 24.0 Å². The first-order valence-corrected chi connectivity index (χ1v) is 6.43. The van der Waals surface area contributed by atoms with Crippen LogP contribution >= 0.6 is 11.6 Å². The summed E-state index contributed by atoms with van der Waals surface area (Å²) in [7, 11) is 1.20. The van der Waals surface area contributed by atoms with Gasteiger partial charge in [-0.25, -0.2) is 9.59 Å². The maximum absolute atomic E-state index is 11.7. The average Bonchev–Trinajstić information content (AvgIpc) is 2.45. The number of carboxylic acids is 1. The maximum atomic E-state index is 11.7. The van der Waals surface area contributed by atoms with Gasteiger partial charge in [0.15, 0.2) is 0 Å². The van der Waals surface area contributed by atoms with Gasteiger partial charge < -0.3 is 20.5 Å². The van der Waals surface area contributed by atoms with E-state index in [2.05, 4.69) is 15.4 Å². The van der Waals surface area contributed by atoms with Crippen molar-refractivity contribution in [2.45, 2.75) is 18.9 Å². The van der Waals surface area contributed by atoms with Gasteiger partial charge in [-0.3, -0.25) is 4.79 Å². The minimum atomic E-state index is -1.24. The van der Waals surface area contributed by atoms with E-state index in [1.165, 1.54) is 7.11 Å². The van der Waals surface area contributed by atoms with Crippen molar-refractivity contribution in [3.63, 3.8) is 0 Å². The van der Waals surface area contributed by atoms with Gasteiger partial charge in [-0.15, -0.1) is 0 Å². The van der Waals surface area contributed by atoms with E-state index in [0.29, 0.717) is 10.7 Å². The van der Waals surface area contributed by atoms with Gasteiger partial charge in [0.2, 0.25) is 0 Å². The molecule has 0 bridgehead atoms. The maximum Gasteiger partial charge on any atom is 0.326 e. The highest BCUT2D eigenvalue weighted by Crippen LogP contribution is 2.20. The van der Waals surface area contributed by atoms with Crippen LogP contribution in [0.1, 0.15) is 12.8 Å². The highest BCUT2D eigenvalue weighted by Gasteiger charge is 2.21. The van der Waals surface area contributed by atoms with Crippen molar-refractivity contribution in [1.29, 1.82) is 0 Å². The van der Waals surface area contributed by atoms with Crippen LogP contribution in [0.3, 0.4) is 0 Å². The van der Waals surface area contributed by atoms with E-state index >= 15 is 0 Å². The third-order valence-corrected chi connectivity index (χ3v) is 2.92. The summed E-state index contributed by atoms with van der Waals surface area (Å²) in [5.74, 6) is -1.79. The fourth-order valence-corrected chi connectivity index (χ4v) is 1.68. The molecule has 0 aliphatic heterocycles. The number of anilines is 1. The summed E-state index contributed by atoms with van der Waals surface area (Å²) < 4.78 is 4.42. The summed E-state index contributed by atoms with van der Waals surface area (Å²) in [6.45, 7) is 0. The number of carbonyl (C=O) groups excluding carboxylic acids is 2. The smallest absolute Gasteiger partial charge is 0.326 e. The second-order valence-corrected chi connectivity index (χ2v) is 4.49. The molecule has 0 aliphatic carbocycles. The number of hydrogen-bond acceptors (Lipinski definition) is 4. The van der Waals surface area contributed by atoms with Crippen LogP contribution in [0.4, 0.5) is 10.5 Å². The molecule has 0 saturated carbocycles. The Hall–Kier alpha value is -2.28. The number of urea groups is 1. The van der Waals surface area contributed by atoms with Crippen LogP contribution in [-0.4, -0.2) is 36.2 Å². The van der Waals surface area contributed by atoms with Crippen molar-refractivity contribution >= 4 is 35.3 Å².